The molecule has 0 aliphatic carbocycles. The second-order valence-corrected chi connectivity index (χ2v) is 5.88. The van der Waals surface area contributed by atoms with Crippen LogP contribution < -0.4 is 5.32 Å². The summed E-state index contributed by atoms with van der Waals surface area (Å²) in [7, 11) is 0. The summed E-state index contributed by atoms with van der Waals surface area (Å²) in [6.45, 7) is 7.80. The van der Waals surface area contributed by atoms with Gasteiger partial charge in [0.25, 0.3) is 0 Å². The molecule has 2 aliphatic heterocycles. The number of hydrogen-bond donors (Lipinski definition) is 2. The van der Waals surface area contributed by atoms with E-state index in [4.69, 9.17) is 5.11 Å². The molecule has 0 radical (unpaired) electrons. The molecule has 0 aromatic carbocycles. The number of nitrogens with one attached hydrogen (secondary N) is 1. The molecule has 0 saturated carbocycles. The van der Waals surface area contributed by atoms with Gasteiger partial charge in [0, 0.05) is 12.6 Å². The zero-order valence-corrected chi connectivity index (χ0v) is 10.9. The third kappa shape index (κ3) is 3.19. The molecule has 2 N–H and O–H groups in total. The van der Waals surface area contributed by atoms with Crippen molar-refractivity contribution < 1.29 is 9.90 Å². The minimum absolute atomic E-state index is 0.303. The van der Waals surface area contributed by atoms with Gasteiger partial charge < -0.3 is 15.3 Å². The van der Waals surface area contributed by atoms with E-state index in [1.54, 1.807) is 0 Å². The smallest absolute Gasteiger partial charge is 0.320 e. The summed E-state index contributed by atoms with van der Waals surface area (Å²) in [4.78, 5) is 13.4. The molecule has 0 spiro atoms. The maximum atomic E-state index is 10.9. The van der Waals surface area contributed by atoms with Crippen molar-refractivity contribution in [2.45, 2.75) is 45.2 Å². The highest BCUT2D eigenvalue weighted by molar-refractivity contribution is 5.73. The summed E-state index contributed by atoms with van der Waals surface area (Å²) in [6.07, 6.45) is 3.29. The first-order valence-electron chi connectivity index (χ1n) is 6.76. The van der Waals surface area contributed by atoms with Gasteiger partial charge in [-0.2, -0.15) is 0 Å². The third-order valence-corrected chi connectivity index (χ3v) is 4.23. The molecular weight excluding hydrogens is 216 g/mol. The lowest BCUT2D eigenvalue weighted by molar-refractivity contribution is -0.139. The largest absolute Gasteiger partial charge is 0.480 e. The van der Waals surface area contributed by atoms with Crippen LogP contribution >= 0.6 is 0 Å². The van der Waals surface area contributed by atoms with Crippen molar-refractivity contribution in [3.8, 4) is 0 Å². The number of carboxylic acids is 1. The van der Waals surface area contributed by atoms with E-state index in [2.05, 4.69) is 24.1 Å². The normalized spacial score (nSPS) is 34.6. The van der Waals surface area contributed by atoms with Gasteiger partial charge in [-0.1, -0.05) is 0 Å². The second-order valence-electron chi connectivity index (χ2n) is 5.88. The number of rotatable bonds is 4. The number of aliphatic carboxylic acids is 1. The Balaban J connectivity index is 1.74. The Morgan fingerprint density at radius 3 is 2.76 bits per heavy atom. The summed E-state index contributed by atoms with van der Waals surface area (Å²) in [6, 6.07) is 0.344. The van der Waals surface area contributed by atoms with E-state index in [1.807, 2.05) is 0 Å². The molecule has 0 bridgehead atoms. The summed E-state index contributed by atoms with van der Waals surface area (Å²) >= 11 is 0. The highest BCUT2D eigenvalue weighted by Gasteiger charge is 2.32. The molecule has 3 atom stereocenters. The lowest BCUT2D eigenvalue weighted by Crippen LogP contribution is -2.29. The van der Waals surface area contributed by atoms with E-state index in [-0.39, 0.29) is 6.04 Å². The topological polar surface area (TPSA) is 52.6 Å². The Kier molecular flexibility index (Phi) is 4.05. The van der Waals surface area contributed by atoms with Crippen LogP contribution in [-0.2, 0) is 4.79 Å². The molecule has 2 heterocycles. The molecule has 0 amide bonds. The number of carbonyl (C=O) groups is 1. The van der Waals surface area contributed by atoms with Crippen LogP contribution in [0.5, 0.6) is 0 Å². The molecule has 4 heteroatoms. The predicted molar refractivity (Wildman–Crippen MR) is 67.0 cm³/mol. The number of carboxylic acid groups (broad SMARTS) is 1. The van der Waals surface area contributed by atoms with E-state index in [9.17, 15) is 4.79 Å². The Labute approximate surface area is 103 Å². The van der Waals surface area contributed by atoms with Crippen LogP contribution in [0.1, 0.15) is 33.1 Å². The quantitative estimate of drug-likeness (QED) is 0.774. The minimum Gasteiger partial charge on any atom is -0.480 e. The van der Waals surface area contributed by atoms with Crippen molar-refractivity contribution in [1.29, 1.82) is 0 Å². The van der Waals surface area contributed by atoms with Crippen LogP contribution in [0.15, 0.2) is 0 Å². The first-order chi connectivity index (χ1) is 8.06. The Hall–Kier alpha value is -0.610. The summed E-state index contributed by atoms with van der Waals surface area (Å²) in [5, 5.41) is 12.0. The zero-order valence-electron chi connectivity index (χ0n) is 10.9. The monoisotopic (exact) mass is 240 g/mol. The third-order valence-electron chi connectivity index (χ3n) is 4.23. The highest BCUT2D eigenvalue weighted by Crippen LogP contribution is 2.28. The molecular formula is C13H24N2O2. The molecule has 2 rings (SSSR count). The van der Waals surface area contributed by atoms with Crippen molar-refractivity contribution >= 4 is 5.97 Å². The van der Waals surface area contributed by atoms with Gasteiger partial charge in [-0.05, 0) is 58.0 Å². The van der Waals surface area contributed by atoms with E-state index < -0.39 is 5.97 Å². The minimum atomic E-state index is -0.692. The van der Waals surface area contributed by atoms with Crippen molar-refractivity contribution in [2.24, 2.45) is 11.8 Å². The highest BCUT2D eigenvalue weighted by atomic mass is 16.4. The molecule has 2 fully saturated rings. The summed E-state index contributed by atoms with van der Waals surface area (Å²) in [5.41, 5.74) is 0. The van der Waals surface area contributed by atoms with Crippen LogP contribution in [0.3, 0.4) is 0 Å². The molecule has 98 valence electrons. The Morgan fingerprint density at radius 1 is 1.47 bits per heavy atom. The van der Waals surface area contributed by atoms with E-state index in [0.717, 1.165) is 18.9 Å². The fourth-order valence-corrected chi connectivity index (χ4v) is 3.17. The molecule has 4 nitrogen and oxygen atoms in total. The van der Waals surface area contributed by atoms with Gasteiger partial charge in [-0.3, -0.25) is 4.79 Å². The number of likely N-dealkylation sites (tertiary alicyclic amines) is 1. The number of nitrogens with zero attached hydrogens (tertiary/aromatic N) is 1. The number of hydrogen-bond acceptors (Lipinski definition) is 3. The first-order valence-corrected chi connectivity index (χ1v) is 6.76. The van der Waals surface area contributed by atoms with Crippen LogP contribution in [-0.4, -0.2) is 47.7 Å². The molecule has 0 aromatic rings. The van der Waals surface area contributed by atoms with Crippen molar-refractivity contribution in [2.75, 3.05) is 19.6 Å². The van der Waals surface area contributed by atoms with E-state index >= 15 is 0 Å². The standard InChI is InChI=1S/C13H24N2O2/c1-9(2)15-4-3-10(8-15)5-11-6-12(13(16)17)14-7-11/h9-12,14H,3-8H2,1-2H3,(H,16,17). The van der Waals surface area contributed by atoms with Gasteiger partial charge >= 0.3 is 5.97 Å². The van der Waals surface area contributed by atoms with Crippen molar-refractivity contribution in [1.82, 2.24) is 10.2 Å². The molecule has 17 heavy (non-hydrogen) atoms. The molecule has 2 saturated heterocycles. The summed E-state index contributed by atoms with van der Waals surface area (Å²) < 4.78 is 0. The van der Waals surface area contributed by atoms with Gasteiger partial charge in [0.15, 0.2) is 0 Å². The fourth-order valence-electron chi connectivity index (χ4n) is 3.17. The van der Waals surface area contributed by atoms with Crippen LogP contribution in [0, 0.1) is 11.8 Å². The fraction of sp³-hybridized carbons (Fsp3) is 0.923. The second kappa shape index (κ2) is 5.36. The average Bonchev–Trinajstić information content (AvgIpc) is 2.87. The zero-order chi connectivity index (χ0) is 12.4. The Bertz CT molecular complexity index is 281. The molecule has 2 aliphatic rings. The summed E-state index contributed by atoms with van der Waals surface area (Å²) in [5.74, 6) is 0.646. The van der Waals surface area contributed by atoms with Gasteiger partial charge in [0.1, 0.15) is 6.04 Å². The lowest BCUT2D eigenvalue weighted by atomic mass is 9.92. The van der Waals surface area contributed by atoms with E-state index in [0.29, 0.717) is 12.0 Å². The van der Waals surface area contributed by atoms with Crippen LogP contribution in [0.4, 0.5) is 0 Å². The molecule has 0 aromatic heterocycles. The van der Waals surface area contributed by atoms with Crippen molar-refractivity contribution in [3.05, 3.63) is 0 Å². The maximum Gasteiger partial charge on any atom is 0.320 e. The van der Waals surface area contributed by atoms with E-state index in [1.165, 1.54) is 25.9 Å². The van der Waals surface area contributed by atoms with Crippen molar-refractivity contribution in [3.63, 3.8) is 0 Å². The first kappa shape index (κ1) is 12.8. The SMILES string of the molecule is CC(C)N1CCC(CC2CNC(C(=O)O)C2)C1. The van der Waals surface area contributed by atoms with Crippen LogP contribution in [0.2, 0.25) is 0 Å². The van der Waals surface area contributed by atoms with Gasteiger partial charge in [0.2, 0.25) is 0 Å². The van der Waals surface area contributed by atoms with Crippen LogP contribution in [0.25, 0.3) is 0 Å². The van der Waals surface area contributed by atoms with Gasteiger partial charge in [-0.25, -0.2) is 0 Å². The van der Waals surface area contributed by atoms with Gasteiger partial charge in [0.05, 0.1) is 0 Å². The predicted octanol–water partition coefficient (Wildman–Crippen LogP) is 1.17. The average molecular weight is 240 g/mol. The maximum absolute atomic E-state index is 10.9. The Morgan fingerprint density at radius 2 is 2.24 bits per heavy atom. The molecule has 3 unspecified atom stereocenters. The lowest BCUT2D eigenvalue weighted by Gasteiger charge is -2.21. The van der Waals surface area contributed by atoms with Gasteiger partial charge in [-0.15, -0.1) is 0 Å².